The second-order valence-corrected chi connectivity index (χ2v) is 2.08. The van der Waals surface area contributed by atoms with Crippen LogP contribution < -0.4 is 11.3 Å². The van der Waals surface area contributed by atoms with E-state index in [1.54, 1.807) is 0 Å². The first-order chi connectivity index (χ1) is 5.24. The fourth-order valence-electron chi connectivity index (χ4n) is 0.679. The Morgan fingerprint density at radius 2 is 2.64 bits per heavy atom. The summed E-state index contributed by atoms with van der Waals surface area (Å²) in [5, 5.41) is 10.3. The number of hydrogen-bond donors (Lipinski definition) is 2. The summed E-state index contributed by atoms with van der Waals surface area (Å²) in [7, 11) is 0. The van der Waals surface area contributed by atoms with Gasteiger partial charge < -0.3 is 10.3 Å². The Morgan fingerprint density at radius 3 is 3.09 bits per heavy atom. The molecule has 3 N–H and O–H groups in total. The summed E-state index contributed by atoms with van der Waals surface area (Å²) in [5.41, 5.74) is 5.10. The normalized spacial score (nSPS) is 12.4. The lowest BCUT2D eigenvalue weighted by Gasteiger charge is -1.98. The predicted molar refractivity (Wildman–Crippen MR) is 36.5 cm³/mol. The Morgan fingerprint density at radius 1 is 1.91 bits per heavy atom. The fourth-order valence-corrected chi connectivity index (χ4v) is 0.679. The third-order valence-corrected chi connectivity index (χ3v) is 1.22. The topological polar surface area (TPSA) is 95.8 Å². The van der Waals surface area contributed by atoms with E-state index in [9.17, 15) is 4.79 Å². The quantitative estimate of drug-likeness (QED) is 0.619. The smallest absolute Gasteiger partial charge is 0.280 e. The van der Waals surface area contributed by atoms with E-state index in [4.69, 9.17) is 11.0 Å². The molecular formula is C6H7N3O2. The minimum Gasteiger partial charge on any atom is -0.382 e. The molecule has 0 aliphatic heterocycles. The van der Waals surface area contributed by atoms with Crippen molar-refractivity contribution in [2.24, 2.45) is 5.73 Å². The molecule has 0 saturated heterocycles. The van der Waals surface area contributed by atoms with Crippen LogP contribution in [-0.2, 0) is 0 Å². The maximum atomic E-state index is 10.5. The maximum absolute atomic E-state index is 10.5. The number of hydrogen-bond acceptors (Lipinski definition) is 4. The molecule has 0 amide bonds. The van der Waals surface area contributed by atoms with Crippen LogP contribution in [0.2, 0.25) is 0 Å². The van der Waals surface area contributed by atoms with E-state index in [-0.39, 0.29) is 12.0 Å². The Balaban J connectivity index is 2.78. The van der Waals surface area contributed by atoms with Crippen molar-refractivity contribution in [3.8, 4) is 6.07 Å². The molecule has 0 radical (unpaired) electrons. The highest BCUT2D eigenvalue weighted by molar-refractivity contribution is 5.02. The minimum absolute atomic E-state index is 0.140. The molecule has 0 aliphatic rings. The molecule has 1 heterocycles. The van der Waals surface area contributed by atoms with Crippen molar-refractivity contribution in [3.05, 3.63) is 22.2 Å². The van der Waals surface area contributed by atoms with Crippen LogP contribution in [0.5, 0.6) is 0 Å². The highest BCUT2D eigenvalue weighted by Crippen LogP contribution is 2.08. The summed E-state index contributed by atoms with van der Waals surface area (Å²) in [4.78, 5) is 10.5. The molecule has 1 aromatic heterocycles. The highest BCUT2D eigenvalue weighted by atomic mass is 16.5. The summed E-state index contributed by atoms with van der Waals surface area (Å²) >= 11 is 0. The van der Waals surface area contributed by atoms with Gasteiger partial charge in [-0.2, -0.15) is 10.4 Å². The summed E-state index contributed by atoms with van der Waals surface area (Å²) in [5.74, 6) is 0.316. The predicted octanol–water partition coefficient (Wildman–Crippen LogP) is -0.119. The van der Waals surface area contributed by atoms with Crippen LogP contribution in [0.4, 0.5) is 0 Å². The monoisotopic (exact) mass is 153 g/mol. The van der Waals surface area contributed by atoms with Crippen LogP contribution in [0.3, 0.4) is 0 Å². The molecule has 58 valence electrons. The lowest BCUT2D eigenvalue weighted by Crippen LogP contribution is -2.08. The molecule has 0 aromatic carbocycles. The van der Waals surface area contributed by atoms with Gasteiger partial charge in [0.15, 0.2) is 5.76 Å². The molecule has 0 spiro atoms. The summed E-state index contributed by atoms with van der Waals surface area (Å²) in [6, 6.07) is 2.60. The second kappa shape index (κ2) is 3.03. The molecule has 5 heteroatoms. The van der Waals surface area contributed by atoms with Gasteiger partial charge in [0.25, 0.3) is 5.56 Å². The van der Waals surface area contributed by atoms with Gasteiger partial charge in [0.05, 0.1) is 18.5 Å². The zero-order chi connectivity index (χ0) is 8.27. The van der Waals surface area contributed by atoms with Gasteiger partial charge in [-0.1, -0.05) is 0 Å². The number of nitrogens with one attached hydrogen (secondary N) is 1. The average Bonchev–Trinajstić information content (AvgIpc) is 2.36. The van der Waals surface area contributed by atoms with Crippen LogP contribution in [0.15, 0.2) is 15.4 Å². The zero-order valence-corrected chi connectivity index (χ0v) is 5.70. The van der Waals surface area contributed by atoms with Gasteiger partial charge in [0, 0.05) is 6.07 Å². The fraction of sp³-hybridized carbons (Fsp3) is 0.333. The van der Waals surface area contributed by atoms with Crippen molar-refractivity contribution in [1.29, 1.82) is 5.26 Å². The number of nitriles is 1. The van der Waals surface area contributed by atoms with Crippen molar-refractivity contribution in [2.45, 2.75) is 12.5 Å². The largest absolute Gasteiger partial charge is 0.382 e. The van der Waals surface area contributed by atoms with Crippen molar-refractivity contribution < 1.29 is 4.52 Å². The van der Waals surface area contributed by atoms with Gasteiger partial charge in [-0.3, -0.25) is 4.79 Å². The SMILES string of the molecule is N#CC[C@@H](N)c1cc(=O)[nH]o1. The third-order valence-electron chi connectivity index (χ3n) is 1.22. The van der Waals surface area contributed by atoms with Crippen LogP contribution in [0.1, 0.15) is 18.2 Å². The van der Waals surface area contributed by atoms with E-state index in [0.717, 1.165) is 0 Å². The molecule has 0 saturated carbocycles. The zero-order valence-electron chi connectivity index (χ0n) is 5.70. The van der Waals surface area contributed by atoms with E-state index >= 15 is 0 Å². The third kappa shape index (κ3) is 1.69. The number of nitrogens with two attached hydrogens (primary N) is 1. The maximum Gasteiger partial charge on any atom is 0.280 e. The van der Waals surface area contributed by atoms with Gasteiger partial charge in [0.2, 0.25) is 0 Å². The molecule has 1 aromatic rings. The molecule has 0 aliphatic carbocycles. The number of nitrogens with zero attached hydrogens (tertiary/aromatic N) is 1. The summed E-state index contributed by atoms with van der Waals surface area (Å²) < 4.78 is 4.66. The van der Waals surface area contributed by atoms with Gasteiger partial charge in [-0.05, 0) is 0 Å². The van der Waals surface area contributed by atoms with Gasteiger partial charge >= 0.3 is 0 Å². The van der Waals surface area contributed by atoms with Crippen molar-refractivity contribution in [3.63, 3.8) is 0 Å². The average molecular weight is 153 g/mol. The number of H-pyrrole nitrogens is 1. The Bertz CT molecular complexity index is 319. The second-order valence-electron chi connectivity index (χ2n) is 2.08. The first-order valence-electron chi connectivity index (χ1n) is 3.05. The van der Waals surface area contributed by atoms with Gasteiger partial charge in [-0.15, -0.1) is 0 Å². The molecule has 11 heavy (non-hydrogen) atoms. The molecule has 0 bridgehead atoms. The van der Waals surface area contributed by atoms with Crippen molar-refractivity contribution in [1.82, 2.24) is 5.16 Å². The van der Waals surface area contributed by atoms with Crippen LogP contribution >= 0.6 is 0 Å². The molecule has 0 fully saturated rings. The first kappa shape index (κ1) is 7.57. The molecular weight excluding hydrogens is 146 g/mol. The Hall–Kier alpha value is -1.54. The standard InChI is InChI=1S/C6H7N3O2/c7-2-1-4(8)5-3-6(10)9-11-5/h3-4H,1,8H2,(H,9,10)/t4-/m1/s1. The number of aromatic nitrogens is 1. The van der Waals surface area contributed by atoms with E-state index < -0.39 is 6.04 Å². The summed E-state index contributed by atoms with van der Waals surface area (Å²) in [6.45, 7) is 0. The number of aromatic amines is 1. The highest BCUT2D eigenvalue weighted by Gasteiger charge is 2.09. The van der Waals surface area contributed by atoms with Gasteiger partial charge in [-0.25, -0.2) is 0 Å². The van der Waals surface area contributed by atoms with Gasteiger partial charge in [0.1, 0.15) is 0 Å². The van der Waals surface area contributed by atoms with Crippen LogP contribution in [0, 0.1) is 11.3 Å². The number of rotatable bonds is 2. The lowest BCUT2D eigenvalue weighted by atomic mass is 10.2. The van der Waals surface area contributed by atoms with E-state index in [0.29, 0.717) is 5.76 Å². The van der Waals surface area contributed by atoms with E-state index in [1.165, 1.54) is 6.07 Å². The molecule has 0 unspecified atom stereocenters. The van der Waals surface area contributed by atoms with E-state index in [2.05, 4.69) is 9.68 Å². The minimum atomic E-state index is -0.515. The Labute approximate surface area is 62.4 Å². The first-order valence-corrected chi connectivity index (χ1v) is 3.05. The van der Waals surface area contributed by atoms with Crippen LogP contribution in [0.25, 0.3) is 0 Å². The van der Waals surface area contributed by atoms with Crippen LogP contribution in [-0.4, -0.2) is 5.16 Å². The molecule has 5 nitrogen and oxygen atoms in total. The van der Waals surface area contributed by atoms with Crippen molar-refractivity contribution in [2.75, 3.05) is 0 Å². The molecule has 1 rings (SSSR count). The van der Waals surface area contributed by atoms with E-state index in [1.807, 2.05) is 6.07 Å². The Kier molecular flexibility index (Phi) is 2.09. The lowest BCUT2D eigenvalue weighted by molar-refractivity contribution is 0.358. The summed E-state index contributed by atoms with van der Waals surface area (Å²) in [6.07, 6.45) is 0.140. The van der Waals surface area contributed by atoms with Crippen molar-refractivity contribution >= 4 is 0 Å². The molecule has 1 atom stereocenters.